The number of piperidine rings is 1. The molecule has 0 spiro atoms. The lowest BCUT2D eigenvalue weighted by atomic mass is 10.0. The van der Waals surface area contributed by atoms with Gasteiger partial charge in [-0.2, -0.15) is 4.68 Å². The SMILES string of the molecule is O=C(O)c1cc2cc(NC(=O)[C@@H]3[C@H](N4CCCCC4)CCN3C(=O)/C=C/c3cc(Cl)ccc3-n3cnnn3)ccc2o1. The number of nitrogens with one attached hydrogen (secondary N) is 1. The molecule has 2 saturated heterocycles. The molecule has 2 amide bonds. The molecule has 0 bridgehead atoms. The average molecular weight is 590 g/mol. The summed E-state index contributed by atoms with van der Waals surface area (Å²) in [6, 6.07) is 10.7. The molecule has 2 aliphatic rings. The number of furan rings is 1. The molecule has 2 aliphatic heterocycles. The molecule has 2 aromatic carbocycles. The Morgan fingerprint density at radius 2 is 1.88 bits per heavy atom. The molecule has 0 radical (unpaired) electrons. The minimum absolute atomic E-state index is 0.123. The fourth-order valence-electron chi connectivity index (χ4n) is 5.81. The lowest BCUT2D eigenvalue weighted by Crippen LogP contribution is -2.53. The molecule has 12 nitrogen and oxygen atoms in total. The van der Waals surface area contributed by atoms with Crippen LogP contribution in [0, 0.1) is 0 Å². The summed E-state index contributed by atoms with van der Waals surface area (Å²) in [6.07, 6.45) is 8.48. The fourth-order valence-corrected chi connectivity index (χ4v) is 5.99. The van der Waals surface area contributed by atoms with Crippen LogP contribution in [0.3, 0.4) is 0 Å². The summed E-state index contributed by atoms with van der Waals surface area (Å²) in [7, 11) is 0. The second-order valence-electron chi connectivity index (χ2n) is 10.4. The van der Waals surface area contributed by atoms with Gasteiger partial charge >= 0.3 is 5.97 Å². The number of aromatic carboxylic acids is 1. The summed E-state index contributed by atoms with van der Waals surface area (Å²) >= 11 is 6.24. The van der Waals surface area contributed by atoms with E-state index in [0.29, 0.717) is 45.9 Å². The number of halogens is 1. The van der Waals surface area contributed by atoms with Gasteiger partial charge in [-0.25, -0.2) is 4.79 Å². The minimum Gasteiger partial charge on any atom is -0.475 e. The van der Waals surface area contributed by atoms with E-state index in [1.54, 1.807) is 47.4 Å². The van der Waals surface area contributed by atoms with Crippen molar-refractivity contribution < 1.29 is 23.9 Å². The Labute approximate surface area is 245 Å². The van der Waals surface area contributed by atoms with E-state index in [9.17, 15) is 19.5 Å². The van der Waals surface area contributed by atoms with Crippen LogP contribution in [0.25, 0.3) is 22.7 Å². The Bertz CT molecular complexity index is 1660. The molecule has 2 atom stereocenters. The lowest BCUT2D eigenvalue weighted by molar-refractivity contribution is -0.134. The van der Waals surface area contributed by atoms with Gasteiger partial charge in [0, 0.05) is 40.3 Å². The molecule has 4 heterocycles. The normalized spacial score (nSPS) is 19.5. The molecular formula is C29H28ClN7O5. The molecular weight excluding hydrogens is 562 g/mol. The number of likely N-dealkylation sites (tertiary alicyclic amines) is 2. The number of rotatable bonds is 7. The van der Waals surface area contributed by atoms with Gasteiger partial charge in [-0.15, -0.1) is 5.10 Å². The smallest absolute Gasteiger partial charge is 0.371 e. The van der Waals surface area contributed by atoms with E-state index in [1.807, 2.05) is 0 Å². The van der Waals surface area contributed by atoms with E-state index in [0.717, 1.165) is 32.4 Å². The molecule has 0 saturated carbocycles. The number of benzene rings is 2. The van der Waals surface area contributed by atoms with Gasteiger partial charge in [-0.3, -0.25) is 14.5 Å². The molecule has 0 unspecified atom stereocenters. The highest BCUT2D eigenvalue weighted by Crippen LogP contribution is 2.29. The van der Waals surface area contributed by atoms with Crippen LogP contribution in [0.15, 0.2) is 59.3 Å². The number of amides is 2. The van der Waals surface area contributed by atoms with E-state index < -0.39 is 12.0 Å². The monoisotopic (exact) mass is 589 g/mol. The maximum absolute atomic E-state index is 13.8. The second-order valence-corrected chi connectivity index (χ2v) is 10.8. The van der Waals surface area contributed by atoms with E-state index in [4.69, 9.17) is 16.0 Å². The van der Waals surface area contributed by atoms with Crippen molar-refractivity contribution >= 4 is 52.1 Å². The third-order valence-corrected chi connectivity index (χ3v) is 8.00. The Kier molecular flexibility index (Phi) is 7.72. The highest BCUT2D eigenvalue weighted by molar-refractivity contribution is 6.30. The number of hydrogen-bond acceptors (Lipinski definition) is 8. The Balaban J connectivity index is 1.26. The van der Waals surface area contributed by atoms with Crippen molar-refractivity contribution in [3.8, 4) is 5.69 Å². The molecule has 4 aromatic rings. The average Bonchev–Trinajstić information content (AvgIpc) is 3.76. The highest BCUT2D eigenvalue weighted by atomic mass is 35.5. The Hall–Kier alpha value is -4.55. The van der Waals surface area contributed by atoms with Crippen LogP contribution < -0.4 is 5.32 Å². The number of anilines is 1. The molecule has 216 valence electrons. The van der Waals surface area contributed by atoms with E-state index in [1.165, 1.54) is 23.2 Å². The van der Waals surface area contributed by atoms with Crippen molar-refractivity contribution in [2.24, 2.45) is 0 Å². The van der Waals surface area contributed by atoms with Crippen LogP contribution in [0.4, 0.5) is 5.69 Å². The number of carbonyl (C=O) groups excluding carboxylic acids is 2. The fraction of sp³-hybridized carbons (Fsp3) is 0.310. The summed E-state index contributed by atoms with van der Waals surface area (Å²) in [5.74, 6) is -1.95. The number of tetrazole rings is 1. The molecule has 42 heavy (non-hydrogen) atoms. The van der Waals surface area contributed by atoms with Gasteiger partial charge in [0.05, 0.1) is 5.69 Å². The van der Waals surface area contributed by atoms with Gasteiger partial charge in [-0.1, -0.05) is 18.0 Å². The van der Waals surface area contributed by atoms with E-state index >= 15 is 0 Å². The number of carboxylic acid groups (broad SMARTS) is 1. The molecule has 6 rings (SSSR count). The maximum atomic E-state index is 13.8. The minimum atomic E-state index is -1.17. The lowest BCUT2D eigenvalue weighted by Gasteiger charge is -2.36. The van der Waals surface area contributed by atoms with Crippen LogP contribution in [-0.2, 0) is 9.59 Å². The summed E-state index contributed by atoms with van der Waals surface area (Å²) in [4.78, 5) is 42.7. The van der Waals surface area contributed by atoms with Gasteiger partial charge in [0.15, 0.2) is 0 Å². The van der Waals surface area contributed by atoms with E-state index in [-0.39, 0.29) is 23.6 Å². The van der Waals surface area contributed by atoms with Crippen molar-refractivity contribution in [2.45, 2.75) is 37.8 Å². The third kappa shape index (κ3) is 5.63. The second kappa shape index (κ2) is 11.7. The van der Waals surface area contributed by atoms with Gasteiger partial charge < -0.3 is 19.7 Å². The Morgan fingerprint density at radius 3 is 2.64 bits per heavy atom. The van der Waals surface area contributed by atoms with Crippen LogP contribution in [0.5, 0.6) is 0 Å². The van der Waals surface area contributed by atoms with Crippen molar-refractivity contribution in [1.29, 1.82) is 0 Å². The zero-order chi connectivity index (χ0) is 29.2. The standard InChI is InChI=1S/C29H28ClN7O5/c30-20-5-7-22(37-17-31-33-34-37)18(14-20)4-9-26(38)36-13-10-23(35-11-2-1-3-12-35)27(36)28(39)32-21-6-8-24-19(15-21)16-25(42-24)29(40)41/h4-9,14-17,23,27H,1-3,10-13H2,(H,32,39)(H,40,41)/b9-4+/t23-,27+/m1/s1. The summed E-state index contributed by atoms with van der Waals surface area (Å²) in [5, 5.41) is 24.6. The first-order valence-corrected chi connectivity index (χ1v) is 14.1. The first-order chi connectivity index (χ1) is 20.4. The van der Waals surface area contributed by atoms with Gasteiger partial charge in [0.2, 0.25) is 17.6 Å². The summed E-state index contributed by atoms with van der Waals surface area (Å²) < 4.78 is 6.82. The van der Waals surface area contributed by atoms with Crippen molar-refractivity contribution in [2.75, 3.05) is 25.0 Å². The molecule has 2 aromatic heterocycles. The number of nitrogens with zero attached hydrogens (tertiary/aromatic N) is 6. The molecule has 2 N–H and O–H groups in total. The number of hydrogen-bond donors (Lipinski definition) is 2. The maximum Gasteiger partial charge on any atom is 0.371 e. The number of aromatic nitrogens is 4. The number of carbonyl (C=O) groups is 3. The van der Waals surface area contributed by atoms with Crippen LogP contribution in [-0.4, -0.2) is 84.6 Å². The van der Waals surface area contributed by atoms with Gasteiger partial charge in [-0.05, 0) is 91.3 Å². The van der Waals surface area contributed by atoms with Crippen molar-refractivity contribution in [1.82, 2.24) is 30.0 Å². The van der Waals surface area contributed by atoms with Crippen molar-refractivity contribution in [3.05, 3.63) is 71.2 Å². The quantitative estimate of drug-likeness (QED) is 0.307. The van der Waals surface area contributed by atoms with Crippen LogP contribution >= 0.6 is 11.6 Å². The zero-order valence-electron chi connectivity index (χ0n) is 22.5. The summed E-state index contributed by atoms with van der Waals surface area (Å²) in [5.41, 5.74) is 2.19. The summed E-state index contributed by atoms with van der Waals surface area (Å²) in [6.45, 7) is 2.19. The highest BCUT2D eigenvalue weighted by Gasteiger charge is 2.44. The zero-order valence-corrected chi connectivity index (χ0v) is 23.3. The molecule has 0 aliphatic carbocycles. The van der Waals surface area contributed by atoms with E-state index in [2.05, 4.69) is 25.7 Å². The first-order valence-electron chi connectivity index (χ1n) is 13.7. The first kappa shape index (κ1) is 27.6. The largest absolute Gasteiger partial charge is 0.475 e. The predicted octanol–water partition coefficient (Wildman–Crippen LogP) is 3.87. The Morgan fingerprint density at radius 1 is 1.05 bits per heavy atom. The molecule has 2 fully saturated rings. The number of carboxylic acids is 1. The van der Waals surface area contributed by atoms with Crippen LogP contribution in [0.1, 0.15) is 41.8 Å². The van der Waals surface area contributed by atoms with Crippen LogP contribution in [0.2, 0.25) is 5.02 Å². The van der Waals surface area contributed by atoms with Gasteiger partial charge in [0.1, 0.15) is 18.0 Å². The third-order valence-electron chi connectivity index (χ3n) is 7.76. The number of fused-ring (bicyclic) bond motifs is 1. The topological polar surface area (TPSA) is 147 Å². The van der Waals surface area contributed by atoms with Crippen molar-refractivity contribution in [3.63, 3.8) is 0 Å². The predicted molar refractivity (Wildman–Crippen MR) is 154 cm³/mol. The molecule has 13 heteroatoms. The van der Waals surface area contributed by atoms with Gasteiger partial charge in [0.25, 0.3) is 0 Å².